The lowest BCUT2D eigenvalue weighted by Crippen LogP contribution is -2.31. The van der Waals surface area contributed by atoms with Crippen LogP contribution in [0.5, 0.6) is 0 Å². The van der Waals surface area contributed by atoms with Gasteiger partial charge < -0.3 is 5.73 Å². The van der Waals surface area contributed by atoms with Gasteiger partial charge in [-0.2, -0.15) is 0 Å². The molecule has 90 valence electrons. The van der Waals surface area contributed by atoms with Crippen LogP contribution < -0.4 is 5.73 Å². The van der Waals surface area contributed by atoms with E-state index in [9.17, 15) is 0 Å². The Bertz CT molecular complexity index is 366. The van der Waals surface area contributed by atoms with Crippen molar-refractivity contribution in [3.05, 3.63) is 34.4 Å². The quantitative estimate of drug-likeness (QED) is 0.764. The number of aryl methyl sites for hydroxylation is 2. The van der Waals surface area contributed by atoms with Gasteiger partial charge >= 0.3 is 0 Å². The molecule has 2 N–H and O–H groups in total. The van der Waals surface area contributed by atoms with Crippen molar-refractivity contribution in [2.45, 2.75) is 59.4 Å². The van der Waals surface area contributed by atoms with Crippen LogP contribution in [-0.2, 0) is 11.0 Å². The molecule has 0 bridgehead atoms. The molecule has 1 aromatic rings. The van der Waals surface area contributed by atoms with Gasteiger partial charge in [0.1, 0.15) is 0 Å². The maximum absolute atomic E-state index is 6.22. The van der Waals surface area contributed by atoms with Crippen LogP contribution in [0.15, 0.2) is 12.1 Å². The lowest BCUT2D eigenvalue weighted by atomic mass is 9.80. The smallest absolute Gasteiger partial charge is 0.0357 e. The standard InChI is InChI=1S/C15H25N/c1-10-8-12(14(3,4)5)9-11(2)13(10)15(6,7)16/h8-9H,16H2,1-7H3. The molecule has 1 heteroatoms. The Morgan fingerprint density at radius 2 is 1.25 bits per heavy atom. The van der Waals surface area contributed by atoms with E-state index in [4.69, 9.17) is 5.73 Å². The maximum Gasteiger partial charge on any atom is 0.0357 e. The summed E-state index contributed by atoms with van der Waals surface area (Å²) in [6.07, 6.45) is 0. The Morgan fingerprint density at radius 3 is 1.50 bits per heavy atom. The fraction of sp³-hybridized carbons (Fsp3) is 0.600. The molecule has 0 unspecified atom stereocenters. The van der Waals surface area contributed by atoms with E-state index in [0.29, 0.717) is 0 Å². The van der Waals surface area contributed by atoms with Crippen molar-refractivity contribution >= 4 is 0 Å². The molecule has 0 radical (unpaired) electrons. The van der Waals surface area contributed by atoms with Crippen molar-refractivity contribution in [3.8, 4) is 0 Å². The minimum absolute atomic E-state index is 0.201. The lowest BCUT2D eigenvalue weighted by molar-refractivity contribution is 0.542. The molecular formula is C15H25N. The average molecular weight is 219 g/mol. The zero-order chi connectivity index (χ0) is 12.7. The van der Waals surface area contributed by atoms with Crippen molar-refractivity contribution in [1.82, 2.24) is 0 Å². The predicted octanol–water partition coefficient (Wildman–Crippen LogP) is 3.79. The summed E-state index contributed by atoms with van der Waals surface area (Å²) in [5, 5.41) is 0. The summed E-state index contributed by atoms with van der Waals surface area (Å²) >= 11 is 0. The predicted molar refractivity (Wildman–Crippen MR) is 71.8 cm³/mol. The van der Waals surface area contributed by atoms with Gasteiger partial charge in [0.05, 0.1) is 0 Å². The first-order valence-corrected chi connectivity index (χ1v) is 5.94. The van der Waals surface area contributed by atoms with Crippen molar-refractivity contribution in [2.75, 3.05) is 0 Å². The SMILES string of the molecule is Cc1cc(C(C)(C)C)cc(C)c1C(C)(C)N. The topological polar surface area (TPSA) is 26.0 Å². The van der Waals surface area contributed by atoms with Crippen LogP contribution in [-0.4, -0.2) is 0 Å². The van der Waals surface area contributed by atoms with Crippen LogP contribution in [0.2, 0.25) is 0 Å². The summed E-state index contributed by atoms with van der Waals surface area (Å²) in [6, 6.07) is 4.55. The van der Waals surface area contributed by atoms with Gasteiger partial charge in [0.25, 0.3) is 0 Å². The molecule has 0 spiro atoms. The average Bonchev–Trinajstić information content (AvgIpc) is 1.97. The van der Waals surface area contributed by atoms with Crippen LogP contribution in [0.1, 0.15) is 56.9 Å². The first-order valence-electron chi connectivity index (χ1n) is 5.94. The zero-order valence-electron chi connectivity index (χ0n) is 11.7. The Kier molecular flexibility index (Phi) is 3.22. The van der Waals surface area contributed by atoms with E-state index in [1.54, 1.807) is 0 Å². The van der Waals surface area contributed by atoms with E-state index in [1.807, 2.05) is 0 Å². The second-order valence-corrected chi connectivity index (χ2v) is 6.46. The van der Waals surface area contributed by atoms with Crippen LogP contribution in [0.3, 0.4) is 0 Å². The molecule has 0 aliphatic rings. The highest BCUT2D eigenvalue weighted by Crippen LogP contribution is 2.31. The summed E-state index contributed by atoms with van der Waals surface area (Å²) < 4.78 is 0. The molecule has 16 heavy (non-hydrogen) atoms. The van der Waals surface area contributed by atoms with E-state index in [1.165, 1.54) is 22.3 Å². The molecule has 0 fully saturated rings. The largest absolute Gasteiger partial charge is 0.322 e. The molecular weight excluding hydrogens is 194 g/mol. The van der Waals surface area contributed by atoms with Crippen molar-refractivity contribution in [2.24, 2.45) is 5.73 Å². The van der Waals surface area contributed by atoms with E-state index in [2.05, 4.69) is 60.6 Å². The highest BCUT2D eigenvalue weighted by Gasteiger charge is 2.22. The van der Waals surface area contributed by atoms with Gasteiger partial charge in [-0.05, 0) is 55.4 Å². The van der Waals surface area contributed by atoms with E-state index in [-0.39, 0.29) is 11.0 Å². The molecule has 1 rings (SSSR count). The fourth-order valence-corrected chi connectivity index (χ4v) is 2.41. The Labute approximate surface area is 100 Å². The summed E-state index contributed by atoms with van der Waals surface area (Å²) in [7, 11) is 0. The van der Waals surface area contributed by atoms with Crippen LogP contribution in [0.4, 0.5) is 0 Å². The van der Waals surface area contributed by atoms with Gasteiger partial charge in [-0.15, -0.1) is 0 Å². The molecule has 0 atom stereocenters. The second kappa shape index (κ2) is 3.89. The van der Waals surface area contributed by atoms with Crippen molar-refractivity contribution in [3.63, 3.8) is 0 Å². The van der Waals surface area contributed by atoms with Crippen LogP contribution in [0.25, 0.3) is 0 Å². The summed E-state index contributed by atoms with van der Waals surface area (Å²) in [5.74, 6) is 0. The molecule has 0 amide bonds. The third kappa shape index (κ3) is 2.65. The number of hydrogen-bond donors (Lipinski definition) is 1. The summed E-state index contributed by atoms with van der Waals surface area (Å²) in [5.41, 5.74) is 11.4. The minimum Gasteiger partial charge on any atom is -0.322 e. The van der Waals surface area contributed by atoms with Gasteiger partial charge in [0, 0.05) is 5.54 Å². The van der Waals surface area contributed by atoms with Gasteiger partial charge in [0.15, 0.2) is 0 Å². The molecule has 0 aliphatic heterocycles. The molecule has 1 aromatic carbocycles. The zero-order valence-corrected chi connectivity index (χ0v) is 11.7. The Balaban J connectivity index is 3.41. The van der Waals surface area contributed by atoms with Gasteiger partial charge in [0.2, 0.25) is 0 Å². The third-order valence-corrected chi connectivity index (χ3v) is 3.04. The van der Waals surface area contributed by atoms with Gasteiger partial charge in [-0.1, -0.05) is 32.9 Å². The molecule has 0 aromatic heterocycles. The minimum atomic E-state index is -0.259. The number of hydrogen-bond acceptors (Lipinski definition) is 1. The number of benzene rings is 1. The first kappa shape index (κ1) is 13.2. The molecule has 0 saturated carbocycles. The highest BCUT2D eigenvalue weighted by molar-refractivity contribution is 5.43. The second-order valence-electron chi connectivity index (χ2n) is 6.46. The summed E-state index contributed by atoms with van der Waals surface area (Å²) in [6.45, 7) is 15.2. The van der Waals surface area contributed by atoms with E-state index in [0.717, 1.165) is 0 Å². The van der Waals surface area contributed by atoms with Crippen LogP contribution in [0, 0.1) is 13.8 Å². The normalized spacial score (nSPS) is 13.0. The van der Waals surface area contributed by atoms with Gasteiger partial charge in [-0.25, -0.2) is 0 Å². The van der Waals surface area contributed by atoms with Crippen molar-refractivity contribution in [1.29, 1.82) is 0 Å². The molecule has 0 heterocycles. The van der Waals surface area contributed by atoms with Crippen molar-refractivity contribution < 1.29 is 0 Å². The molecule has 1 nitrogen and oxygen atoms in total. The lowest BCUT2D eigenvalue weighted by Gasteiger charge is -2.28. The Morgan fingerprint density at radius 1 is 0.875 bits per heavy atom. The van der Waals surface area contributed by atoms with E-state index < -0.39 is 0 Å². The highest BCUT2D eigenvalue weighted by atomic mass is 14.7. The van der Waals surface area contributed by atoms with Gasteiger partial charge in [-0.3, -0.25) is 0 Å². The number of rotatable bonds is 1. The molecule has 0 aliphatic carbocycles. The summed E-state index contributed by atoms with van der Waals surface area (Å²) in [4.78, 5) is 0. The Hall–Kier alpha value is -0.820. The monoisotopic (exact) mass is 219 g/mol. The fourth-order valence-electron chi connectivity index (χ4n) is 2.41. The molecule has 0 saturated heterocycles. The van der Waals surface area contributed by atoms with E-state index >= 15 is 0 Å². The first-order chi connectivity index (χ1) is 7.03. The third-order valence-electron chi connectivity index (χ3n) is 3.04. The number of nitrogens with two attached hydrogens (primary N) is 1. The van der Waals surface area contributed by atoms with Crippen LogP contribution >= 0.6 is 0 Å². The maximum atomic E-state index is 6.22.